The van der Waals surface area contributed by atoms with Crippen LogP contribution in [0.1, 0.15) is 58.8 Å². The van der Waals surface area contributed by atoms with Crippen LogP contribution in [0.4, 0.5) is 0 Å². The largest absolute Gasteiger partial charge is 0.508 e. The third-order valence-electron chi connectivity index (χ3n) is 12.6. The lowest BCUT2D eigenvalue weighted by atomic mass is 9.73. The molecule has 1 amide bonds. The summed E-state index contributed by atoms with van der Waals surface area (Å²) in [6.45, 7) is -0.235. The number of aliphatic hydroxyl groups is 2. The number of nitrogens with one attached hydrogen (secondary N) is 2. The number of hydrogen-bond donors (Lipinski definition) is 7. The molecule has 2 saturated heterocycles. The number of phenols is 1. The Morgan fingerprint density at radius 3 is 2.62 bits per heavy atom. The van der Waals surface area contributed by atoms with E-state index in [1.54, 1.807) is 0 Å². The predicted molar refractivity (Wildman–Crippen MR) is 250 cm³/mol. The summed E-state index contributed by atoms with van der Waals surface area (Å²) in [5.74, 6) is 3.65. The minimum absolute atomic E-state index is 0.00351. The molecule has 2 fully saturated rings. The third-order valence-corrected chi connectivity index (χ3v) is 14.7. The summed E-state index contributed by atoms with van der Waals surface area (Å²) < 4.78 is 24.1. The summed E-state index contributed by atoms with van der Waals surface area (Å²) in [7, 11) is 2.72. The first-order chi connectivity index (χ1) is 31.9. The number of ether oxygens (including phenoxy) is 3. The summed E-state index contributed by atoms with van der Waals surface area (Å²) >= 11 is 0. The van der Waals surface area contributed by atoms with Gasteiger partial charge in [-0.15, -0.1) is 11.8 Å². The minimum atomic E-state index is -2.62. The number of benzene rings is 3. The number of carboxylic acids is 1. The highest BCUT2D eigenvalue weighted by atomic mass is 33.1. The summed E-state index contributed by atoms with van der Waals surface area (Å²) in [6.07, 6.45) is 5.92. The van der Waals surface area contributed by atoms with E-state index in [0.717, 1.165) is 30.4 Å². The van der Waals surface area contributed by atoms with E-state index in [0.29, 0.717) is 18.6 Å². The van der Waals surface area contributed by atoms with Gasteiger partial charge in [0, 0.05) is 43.6 Å². The molecule has 2 aromatic heterocycles. The molecular weight excluding hydrogens is 887 g/mol. The highest BCUT2D eigenvalue weighted by molar-refractivity contribution is 8.76. The fourth-order valence-corrected chi connectivity index (χ4v) is 11.2. The number of aliphatic hydroxyl groups excluding tert-OH is 1. The third kappa shape index (κ3) is 9.40. The van der Waals surface area contributed by atoms with Gasteiger partial charge in [-0.25, -0.2) is 4.79 Å². The second-order valence-electron chi connectivity index (χ2n) is 16.5. The zero-order valence-corrected chi connectivity index (χ0v) is 37.2. The number of aromatic amines is 1. The Kier molecular flexibility index (Phi) is 14.4. The number of allylic oxidation sites excluding steroid dienone is 1. The first kappa shape index (κ1) is 46.7. The zero-order chi connectivity index (χ0) is 46.4. The van der Waals surface area contributed by atoms with Gasteiger partial charge in [-0.05, 0) is 96.1 Å². The maximum absolute atomic E-state index is 13.9. The fraction of sp³-hybridized carbons (Fsp3) is 0.347. The number of aldehydes is 1. The van der Waals surface area contributed by atoms with E-state index >= 15 is 0 Å². The van der Waals surface area contributed by atoms with Crippen molar-refractivity contribution in [2.45, 2.75) is 67.7 Å². The van der Waals surface area contributed by atoms with Gasteiger partial charge in [0.2, 0.25) is 17.5 Å². The minimum Gasteiger partial charge on any atom is -0.508 e. The van der Waals surface area contributed by atoms with E-state index in [-0.39, 0.29) is 70.1 Å². The maximum Gasteiger partial charge on any atom is 0.335 e. The number of β-amino-alcohol motifs (C(OH)–C–C–N with tert-alkyl or cyclic N) is 1. The number of aromatic nitrogens is 1. The number of aliphatic carboxylic acids is 1. The summed E-state index contributed by atoms with van der Waals surface area (Å²) in [5.41, 5.74) is 3.25. The van der Waals surface area contributed by atoms with Crippen LogP contribution in [0.3, 0.4) is 0 Å². The van der Waals surface area contributed by atoms with Crippen LogP contribution in [0, 0.1) is 23.7 Å². The first-order valence-electron chi connectivity index (χ1n) is 21.5. The molecule has 0 saturated carbocycles. The van der Waals surface area contributed by atoms with Gasteiger partial charge in [-0.2, -0.15) is 0 Å². The Hall–Kier alpha value is -5.84. The molecule has 4 heterocycles. The van der Waals surface area contributed by atoms with Crippen molar-refractivity contribution in [2.75, 3.05) is 24.8 Å². The van der Waals surface area contributed by atoms with Crippen LogP contribution < -0.4 is 21.2 Å². The molecule has 5 aromatic rings. The molecule has 3 aromatic carbocycles. The monoisotopic (exact) mass is 935 g/mol. The molecule has 0 radical (unpaired) electrons. The molecule has 3 aliphatic rings. The number of carboxylic acid groups (broad SMARTS) is 1. The van der Waals surface area contributed by atoms with Crippen molar-refractivity contribution in [3.63, 3.8) is 0 Å². The van der Waals surface area contributed by atoms with Crippen LogP contribution in [-0.2, 0) is 25.5 Å². The smallest absolute Gasteiger partial charge is 0.335 e. The van der Waals surface area contributed by atoms with Crippen LogP contribution in [0.5, 0.6) is 11.5 Å². The topological polar surface area (TPSA) is 244 Å². The van der Waals surface area contributed by atoms with Crippen LogP contribution >= 0.6 is 21.6 Å². The first-order valence-corrected chi connectivity index (χ1v) is 24.0. The molecule has 8 rings (SSSR count). The summed E-state index contributed by atoms with van der Waals surface area (Å²) in [5, 5.41) is 48.2. The lowest BCUT2D eigenvalue weighted by Gasteiger charge is -2.53. The van der Waals surface area contributed by atoms with Crippen molar-refractivity contribution in [1.29, 1.82) is 0 Å². The SMILES string of the molecule is NC(=O)c1oc2cc(OC3OC(C(=O)O)C(O)C4(C=O)OCSSCC(c5cc[nH]c5)C(C5CC#CCCCc6ccccc6C=CC5)CNCC34O)ccc2c(=O)c1-c1ccc(O)cc1. The number of carbonyl (C=O) groups is 3. The molecular formula is C49H49N3O12S2. The normalized spacial score (nSPS) is 27.5. The second-order valence-corrected chi connectivity index (χ2v) is 19.0. The number of nitrogens with two attached hydrogens (primary N) is 1. The van der Waals surface area contributed by atoms with Crippen molar-refractivity contribution >= 4 is 56.8 Å². The number of aromatic hydroxyl groups is 1. The maximum atomic E-state index is 13.9. The van der Waals surface area contributed by atoms with Crippen molar-refractivity contribution in [3.05, 3.63) is 124 Å². The number of rotatable bonds is 8. The summed E-state index contributed by atoms with van der Waals surface area (Å²) in [4.78, 5) is 55.9. The number of H-pyrrole nitrogens is 1. The van der Waals surface area contributed by atoms with Crippen molar-refractivity contribution < 1.29 is 53.4 Å². The number of aryl methyl sites for hydroxylation is 1. The molecule has 8 N–H and O–H groups in total. The highest BCUT2D eigenvalue weighted by Crippen LogP contribution is 2.45. The van der Waals surface area contributed by atoms with Crippen molar-refractivity contribution in [3.8, 4) is 34.5 Å². The van der Waals surface area contributed by atoms with E-state index in [1.165, 1.54) is 69.6 Å². The van der Waals surface area contributed by atoms with E-state index in [4.69, 9.17) is 24.4 Å². The number of phenolic OH excluding ortho intramolecular Hbond substituents is 1. The molecule has 1 aliphatic carbocycles. The molecule has 8 atom stereocenters. The van der Waals surface area contributed by atoms with Crippen molar-refractivity contribution in [2.24, 2.45) is 17.6 Å². The second kappa shape index (κ2) is 20.4. The van der Waals surface area contributed by atoms with Gasteiger partial charge in [0.05, 0.1) is 10.9 Å². The van der Waals surface area contributed by atoms with Gasteiger partial charge in [0.1, 0.15) is 29.1 Å². The molecule has 8 unspecified atom stereocenters. The van der Waals surface area contributed by atoms with Crippen LogP contribution in [0.2, 0.25) is 0 Å². The average Bonchev–Trinajstić information content (AvgIpc) is 3.84. The molecule has 17 heteroatoms. The Morgan fingerprint density at radius 2 is 1.86 bits per heavy atom. The molecule has 15 nitrogen and oxygen atoms in total. The van der Waals surface area contributed by atoms with Crippen LogP contribution in [0.15, 0.2) is 100 Å². The van der Waals surface area contributed by atoms with Crippen molar-refractivity contribution in [1.82, 2.24) is 10.3 Å². The number of carbonyl (C=O) groups excluding carboxylic acids is 2. The van der Waals surface area contributed by atoms with E-state index in [9.17, 15) is 39.6 Å². The lowest BCUT2D eigenvalue weighted by Crippen LogP contribution is -2.80. The Balaban J connectivity index is 1.17. The van der Waals surface area contributed by atoms with Crippen LogP contribution in [0.25, 0.3) is 28.2 Å². The molecule has 2 aliphatic heterocycles. The van der Waals surface area contributed by atoms with Crippen LogP contribution in [-0.4, -0.2) is 98.1 Å². The number of fused-ring (bicyclic) bond motifs is 3. The Bertz CT molecular complexity index is 2720. The quantitative estimate of drug-likeness (QED) is 0.0568. The number of amides is 1. The summed E-state index contributed by atoms with van der Waals surface area (Å²) in [6, 6.07) is 19.8. The van der Waals surface area contributed by atoms with E-state index < -0.39 is 59.3 Å². The van der Waals surface area contributed by atoms with E-state index in [2.05, 4.69) is 46.4 Å². The van der Waals surface area contributed by atoms with Gasteiger partial charge in [-0.3, -0.25) is 14.4 Å². The Labute approximate surface area is 387 Å². The standard InChI is InChI=1S/C49H49N3O12S2/c50-45(57)42-40(32-14-16-34(54)17-15-32)41(55)36-19-18-35(22-39(36)63-42)62-47-48(60)26-52-24-37(31-11-4-2-1-3-8-29-9-5-6-10-30(29)12-7-13-31)38(33-20-21-51-23-33)25-65-66-28-61-49(48,27-53)44(56)43(64-47)46(58)59/h5-7,9-10,12,14-23,27,31,37-38,43-44,47,51-52,54,56,60H,1,3,8,11,13,24-26,28H2,(H2,50,57)(H,58,59). The molecule has 66 heavy (non-hydrogen) atoms. The van der Waals surface area contributed by atoms with Gasteiger partial charge in [0.15, 0.2) is 23.6 Å². The van der Waals surface area contributed by atoms with E-state index in [1.807, 2.05) is 30.6 Å². The number of primary amides is 1. The highest BCUT2D eigenvalue weighted by Gasteiger charge is 2.69. The lowest BCUT2D eigenvalue weighted by molar-refractivity contribution is -0.340. The Morgan fingerprint density at radius 1 is 1.05 bits per heavy atom. The molecule has 0 spiro atoms. The molecule has 0 bridgehead atoms. The number of hydrogen-bond acceptors (Lipinski definition) is 14. The zero-order valence-electron chi connectivity index (χ0n) is 35.6. The van der Waals surface area contributed by atoms with Gasteiger partial charge >= 0.3 is 5.97 Å². The molecule has 344 valence electrons. The van der Waals surface area contributed by atoms with Gasteiger partial charge in [0.25, 0.3) is 5.91 Å². The van der Waals surface area contributed by atoms with Gasteiger partial charge < -0.3 is 55.1 Å². The predicted octanol–water partition coefficient (Wildman–Crippen LogP) is 5.62. The fourth-order valence-electron chi connectivity index (χ4n) is 9.12. The van der Waals surface area contributed by atoms with Gasteiger partial charge in [-0.1, -0.05) is 70.1 Å². The average molecular weight is 936 g/mol.